The van der Waals surface area contributed by atoms with Gasteiger partial charge in [0.2, 0.25) is 0 Å². The normalized spacial score (nSPS) is 10.8. The number of rotatable bonds is 2. The van der Waals surface area contributed by atoms with Gasteiger partial charge in [-0.15, -0.1) is 0 Å². The Balaban J connectivity index is 0.00000128. The average molecular weight is 432 g/mol. The van der Waals surface area contributed by atoms with E-state index in [4.69, 9.17) is 4.55 Å². The molecule has 2 radical (unpaired) electrons. The van der Waals surface area contributed by atoms with Gasteiger partial charge in [0.1, 0.15) is 0 Å². The number of hydrogen-bond donors (Lipinski definition) is 2. The van der Waals surface area contributed by atoms with Gasteiger partial charge < -0.3 is 0 Å². The molecule has 0 saturated carbocycles. The molecule has 16 heavy (non-hydrogen) atoms. The molecule has 2 N–H and O–H groups in total. The van der Waals surface area contributed by atoms with E-state index >= 15 is 0 Å². The molecule has 4 nitrogen and oxygen atoms in total. The summed E-state index contributed by atoms with van der Waals surface area (Å²) < 4.78 is 32.1. The van der Waals surface area contributed by atoms with Crippen LogP contribution in [-0.4, -0.2) is 40.3 Å². The van der Waals surface area contributed by atoms with Gasteiger partial charge in [0.15, 0.2) is 0 Å². The van der Waals surface area contributed by atoms with Crippen LogP contribution >= 0.6 is 0 Å². The summed E-state index contributed by atoms with van der Waals surface area (Å²) in [6.07, 6.45) is 0. The Morgan fingerprint density at radius 1 is 1.00 bits per heavy atom. The third kappa shape index (κ3) is 3.16. The van der Waals surface area contributed by atoms with E-state index < -0.39 is 10.3 Å². The van der Waals surface area contributed by atoms with Crippen LogP contribution in [0.3, 0.4) is 0 Å². The molecule has 0 atom stereocenters. The molecule has 0 aliphatic heterocycles. The second kappa shape index (κ2) is 5.11. The van der Waals surface area contributed by atoms with Crippen LogP contribution < -0.4 is 4.72 Å². The molecule has 0 saturated heterocycles. The molecule has 2 rings (SSSR count). The minimum atomic E-state index is -4.22. The Morgan fingerprint density at radius 2 is 1.62 bits per heavy atom. The minimum absolute atomic E-state index is 0. The van der Waals surface area contributed by atoms with Gasteiger partial charge in [0.05, 0.1) is 5.69 Å². The first kappa shape index (κ1) is 13.4. The van der Waals surface area contributed by atoms with Gasteiger partial charge in [-0.3, -0.25) is 9.27 Å². The van der Waals surface area contributed by atoms with Gasteiger partial charge in [-0.25, -0.2) is 0 Å². The molecule has 0 unspecified atom stereocenters. The maximum absolute atomic E-state index is 10.7. The van der Waals surface area contributed by atoms with Crippen molar-refractivity contribution >= 4 is 54.1 Å². The number of nitrogens with one attached hydrogen (secondary N) is 1. The molecular formula is C10H11NO3PbS. The first-order valence-corrected chi connectivity index (χ1v) is 5.73. The summed E-state index contributed by atoms with van der Waals surface area (Å²) in [7, 11) is -4.22. The second-order valence-corrected chi connectivity index (χ2v) is 4.26. The monoisotopic (exact) mass is 433 g/mol. The number of fused-ring (bicyclic) bond motifs is 1. The summed E-state index contributed by atoms with van der Waals surface area (Å²) in [5.41, 5.74) is 0.371. The van der Waals surface area contributed by atoms with Crippen LogP contribution in [0.2, 0.25) is 0 Å². The van der Waals surface area contributed by atoms with Gasteiger partial charge in [-0.05, 0) is 11.5 Å². The van der Waals surface area contributed by atoms with Gasteiger partial charge in [0, 0.05) is 5.39 Å². The zero-order chi connectivity index (χ0) is 10.9. The molecule has 6 heteroatoms. The Kier molecular flexibility index (Phi) is 4.28. The van der Waals surface area contributed by atoms with Crippen molar-refractivity contribution in [3.63, 3.8) is 0 Å². The van der Waals surface area contributed by atoms with Crippen LogP contribution in [-0.2, 0) is 10.3 Å². The molecule has 0 aromatic heterocycles. The third-order valence-corrected chi connectivity index (χ3v) is 2.51. The van der Waals surface area contributed by atoms with E-state index in [-0.39, 0.29) is 27.3 Å². The first-order chi connectivity index (χ1) is 7.06. The number of anilines is 1. The molecule has 0 heterocycles. The van der Waals surface area contributed by atoms with Crippen molar-refractivity contribution in [1.82, 2.24) is 0 Å². The molecule has 2 aromatic carbocycles. The molecule has 2 aromatic rings. The van der Waals surface area contributed by atoms with Crippen molar-refractivity contribution in [3.05, 3.63) is 42.5 Å². The van der Waals surface area contributed by atoms with Gasteiger partial charge >= 0.3 is 37.6 Å². The van der Waals surface area contributed by atoms with Crippen LogP contribution in [0.15, 0.2) is 42.5 Å². The van der Waals surface area contributed by atoms with Crippen LogP contribution in [0, 0.1) is 0 Å². The van der Waals surface area contributed by atoms with Crippen LogP contribution in [0.25, 0.3) is 10.8 Å². The van der Waals surface area contributed by atoms with E-state index in [2.05, 4.69) is 4.72 Å². The average Bonchev–Trinajstić information content (AvgIpc) is 2.16. The summed E-state index contributed by atoms with van der Waals surface area (Å²) in [4.78, 5) is 0. The molecular weight excluding hydrogens is 421 g/mol. The third-order valence-electron chi connectivity index (χ3n) is 2.03. The van der Waals surface area contributed by atoms with Crippen molar-refractivity contribution in [2.45, 2.75) is 0 Å². The summed E-state index contributed by atoms with van der Waals surface area (Å²) >= 11 is 0. The second-order valence-electron chi connectivity index (χ2n) is 3.10. The number of benzene rings is 2. The summed E-state index contributed by atoms with van der Waals surface area (Å²) in [6.45, 7) is 0. The van der Waals surface area contributed by atoms with E-state index in [0.717, 1.165) is 10.8 Å². The Labute approximate surface area is 114 Å². The van der Waals surface area contributed by atoms with E-state index in [1.54, 1.807) is 24.3 Å². The Hall–Kier alpha value is -0.668. The summed E-state index contributed by atoms with van der Waals surface area (Å²) in [5.74, 6) is 0. The molecule has 84 valence electrons. The van der Waals surface area contributed by atoms with Crippen LogP contribution in [0.4, 0.5) is 5.69 Å². The molecule has 0 aliphatic carbocycles. The van der Waals surface area contributed by atoms with Gasteiger partial charge in [-0.1, -0.05) is 36.4 Å². The van der Waals surface area contributed by atoms with Crippen molar-refractivity contribution in [2.24, 2.45) is 0 Å². The van der Waals surface area contributed by atoms with E-state index in [0.29, 0.717) is 5.69 Å². The van der Waals surface area contributed by atoms with E-state index in [1.807, 2.05) is 18.2 Å². The van der Waals surface area contributed by atoms with Crippen molar-refractivity contribution < 1.29 is 13.0 Å². The molecule has 0 amide bonds. The molecule has 0 aliphatic rings. The first-order valence-electron chi connectivity index (χ1n) is 4.29. The summed E-state index contributed by atoms with van der Waals surface area (Å²) in [6, 6.07) is 12.5. The fourth-order valence-corrected chi connectivity index (χ4v) is 1.91. The molecule has 0 bridgehead atoms. The maximum atomic E-state index is 10.7. The van der Waals surface area contributed by atoms with E-state index in [1.165, 1.54) is 0 Å². The van der Waals surface area contributed by atoms with Crippen LogP contribution in [0.5, 0.6) is 0 Å². The van der Waals surface area contributed by atoms with Gasteiger partial charge in [-0.2, -0.15) is 8.42 Å². The molecule has 0 spiro atoms. The Morgan fingerprint density at radius 3 is 2.31 bits per heavy atom. The van der Waals surface area contributed by atoms with Crippen molar-refractivity contribution in [3.8, 4) is 0 Å². The zero-order valence-electron chi connectivity index (χ0n) is 8.42. The SMILES string of the molecule is O=S(=O)(O)Nc1cccc2ccccc12.[PbH2]. The predicted octanol–water partition coefficient (Wildman–Crippen LogP) is 1.14. The van der Waals surface area contributed by atoms with E-state index in [9.17, 15) is 8.42 Å². The number of hydrogen-bond acceptors (Lipinski definition) is 2. The quantitative estimate of drug-likeness (QED) is 0.553. The fourth-order valence-electron chi connectivity index (χ4n) is 1.45. The standard InChI is InChI=1S/C10H9NO3S.Pb.2H/c12-15(13,14)11-10-7-3-5-8-4-1-2-6-9(8)10;;;/h1-7,11H,(H,12,13,14);;;. The van der Waals surface area contributed by atoms with Gasteiger partial charge in [0.25, 0.3) is 0 Å². The fraction of sp³-hybridized carbons (Fsp3) is 0. The topological polar surface area (TPSA) is 66.4 Å². The van der Waals surface area contributed by atoms with Crippen molar-refractivity contribution in [1.29, 1.82) is 0 Å². The molecule has 0 fully saturated rings. The zero-order valence-corrected chi connectivity index (χ0v) is 14.7. The Bertz CT molecular complexity index is 593. The predicted molar refractivity (Wildman–Crippen MR) is 67.7 cm³/mol. The van der Waals surface area contributed by atoms with Crippen LogP contribution in [0.1, 0.15) is 0 Å². The van der Waals surface area contributed by atoms with Crippen molar-refractivity contribution in [2.75, 3.05) is 4.72 Å². The summed E-state index contributed by atoms with van der Waals surface area (Å²) in [5, 5.41) is 1.66.